The quantitative estimate of drug-likeness (QED) is 0.841. The Morgan fingerprint density at radius 1 is 1.30 bits per heavy atom. The van der Waals surface area contributed by atoms with E-state index in [9.17, 15) is 0 Å². The maximum absolute atomic E-state index is 8.86. The highest BCUT2D eigenvalue weighted by atomic mass is 16.5. The molecule has 1 aliphatic rings. The van der Waals surface area contributed by atoms with Crippen molar-refractivity contribution in [2.45, 2.75) is 25.9 Å². The van der Waals surface area contributed by atoms with E-state index in [1.807, 2.05) is 12.1 Å². The Morgan fingerprint density at radius 3 is 2.65 bits per heavy atom. The van der Waals surface area contributed by atoms with Gasteiger partial charge in [0.1, 0.15) is 12.4 Å². The predicted molar refractivity (Wildman–Crippen MR) is 79.8 cm³/mol. The molecule has 0 spiro atoms. The summed E-state index contributed by atoms with van der Waals surface area (Å²) in [5.74, 6) is 0.777. The Labute approximate surface area is 121 Å². The Kier molecular flexibility index (Phi) is 4.99. The van der Waals surface area contributed by atoms with Gasteiger partial charge in [-0.15, -0.1) is 0 Å². The van der Waals surface area contributed by atoms with Crippen molar-refractivity contribution in [3.8, 4) is 11.8 Å². The van der Waals surface area contributed by atoms with Gasteiger partial charge in [-0.25, -0.2) is 0 Å². The molecule has 108 valence electrons. The molecule has 1 heterocycles. The van der Waals surface area contributed by atoms with E-state index in [0.717, 1.165) is 25.4 Å². The van der Waals surface area contributed by atoms with Crippen LogP contribution in [0.4, 0.5) is 0 Å². The molecule has 2 atom stereocenters. The van der Waals surface area contributed by atoms with Gasteiger partial charge in [0.25, 0.3) is 0 Å². The van der Waals surface area contributed by atoms with Crippen LogP contribution in [-0.2, 0) is 0 Å². The van der Waals surface area contributed by atoms with E-state index in [-0.39, 0.29) is 0 Å². The highest BCUT2D eigenvalue weighted by molar-refractivity contribution is 5.36. The lowest BCUT2D eigenvalue weighted by Gasteiger charge is -2.42. The van der Waals surface area contributed by atoms with Crippen LogP contribution < -0.4 is 4.74 Å². The number of hydrogen-bond acceptors (Lipinski definition) is 4. The van der Waals surface area contributed by atoms with Crippen LogP contribution in [0.1, 0.15) is 19.4 Å². The molecular weight excluding hydrogens is 250 g/mol. The second-order valence-corrected chi connectivity index (χ2v) is 5.61. The molecule has 1 aromatic rings. The van der Waals surface area contributed by atoms with Gasteiger partial charge < -0.3 is 4.74 Å². The van der Waals surface area contributed by atoms with Gasteiger partial charge in [-0.05, 0) is 39.1 Å². The first-order chi connectivity index (χ1) is 9.60. The van der Waals surface area contributed by atoms with Crippen LogP contribution in [0.2, 0.25) is 0 Å². The van der Waals surface area contributed by atoms with Crippen LogP contribution >= 0.6 is 0 Å². The Morgan fingerprint density at radius 2 is 2.00 bits per heavy atom. The Bertz CT molecular complexity index is 471. The zero-order valence-corrected chi connectivity index (χ0v) is 12.5. The Balaban J connectivity index is 1.80. The largest absolute Gasteiger partial charge is 0.492 e. The second kappa shape index (κ2) is 6.74. The molecule has 0 radical (unpaired) electrons. The van der Waals surface area contributed by atoms with Crippen molar-refractivity contribution in [3.63, 3.8) is 0 Å². The van der Waals surface area contributed by atoms with E-state index < -0.39 is 0 Å². The first-order valence-corrected chi connectivity index (χ1v) is 7.17. The number of likely N-dealkylation sites (N-methyl/N-ethyl adjacent to an activating group) is 1. The molecule has 1 fully saturated rings. The minimum Gasteiger partial charge on any atom is -0.492 e. The summed E-state index contributed by atoms with van der Waals surface area (Å²) in [6.45, 7) is 8.29. The van der Waals surface area contributed by atoms with E-state index in [1.165, 1.54) is 0 Å². The molecule has 0 aliphatic carbocycles. The van der Waals surface area contributed by atoms with Crippen molar-refractivity contribution in [2.75, 3.05) is 33.3 Å². The standard InChI is InChI=1S/C16H23N3O/c1-13-11-19(12-14(2)18(13)3)7-8-20-16-6-4-5-15(9-16)10-17/h4-6,9,13-14H,7-8,11-12H2,1-3H3. The summed E-state index contributed by atoms with van der Waals surface area (Å²) >= 11 is 0. The monoisotopic (exact) mass is 273 g/mol. The fraction of sp³-hybridized carbons (Fsp3) is 0.562. The van der Waals surface area contributed by atoms with Gasteiger partial charge in [0.05, 0.1) is 11.6 Å². The predicted octanol–water partition coefficient (Wildman–Crippen LogP) is 1.96. The summed E-state index contributed by atoms with van der Waals surface area (Å²) in [5, 5.41) is 8.86. The minimum atomic E-state index is 0.584. The van der Waals surface area contributed by atoms with Crippen LogP contribution in [-0.4, -0.2) is 55.2 Å². The molecule has 20 heavy (non-hydrogen) atoms. The van der Waals surface area contributed by atoms with E-state index in [0.29, 0.717) is 24.3 Å². The van der Waals surface area contributed by atoms with Crippen LogP contribution in [0.15, 0.2) is 24.3 Å². The summed E-state index contributed by atoms with van der Waals surface area (Å²) in [6, 6.07) is 10.6. The lowest BCUT2D eigenvalue weighted by Crippen LogP contribution is -2.55. The fourth-order valence-corrected chi connectivity index (χ4v) is 2.64. The highest BCUT2D eigenvalue weighted by Gasteiger charge is 2.25. The lowest BCUT2D eigenvalue weighted by atomic mass is 10.1. The van der Waals surface area contributed by atoms with Gasteiger partial charge in [-0.1, -0.05) is 6.07 Å². The van der Waals surface area contributed by atoms with Gasteiger partial charge in [0.2, 0.25) is 0 Å². The number of benzene rings is 1. The minimum absolute atomic E-state index is 0.584. The molecule has 1 aliphatic heterocycles. The van der Waals surface area contributed by atoms with Crippen LogP contribution in [0.3, 0.4) is 0 Å². The van der Waals surface area contributed by atoms with Crippen LogP contribution in [0.25, 0.3) is 0 Å². The molecule has 0 N–H and O–H groups in total. The third kappa shape index (κ3) is 3.72. The average Bonchev–Trinajstić information content (AvgIpc) is 2.45. The Hall–Kier alpha value is -1.57. The van der Waals surface area contributed by atoms with Gasteiger partial charge in [0.15, 0.2) is 0 Å². The zero-order chi connectivity index (χ0) is 14.5. The smallest absolute Gasteiger partial charge is 0.120 e. The van der Waals surface area contributed by atoms with Gasteiger partial charge in [-0.2, -0.15) is 5.26 Å². The number of nitrogens with zero attached hydrogens (tertiary/aromatic N) is 3. The second-order valence-electron chi connectivity index (χ2n) is 5.61. The molecule has 1 aromatic carbocycles. The number of rotatable bonds is 4. The lowest BCUT2D eigenvalue weighted by molar-refractivity contribution is 0.0522. The molecule has 0 amide bonds. The molecule has 1 saturated heterocycles. The summed E-state index contributed by atoms with van der Waals surface area (Å²) in [6.07, 6.45) is 0. The summed E-state index contributed by atoms with van der Waals surface area (Å²) in [4.78, 5) is 4.87. The molecular formula is C16H23N3O. The number of hydrogen-bond donors (Lipinski definition) is 0. The highest BCUT2D eigenvalue weighted by Crippen LogP contribution is 2.15. The van der Waals surface area contributed by atoms with E-state index >= 15 is 0 Å². The van der Waals surface area contributed by atoms with Crippen molar-refractivity contribution in [1.82, 2.24) is 9.80 Å². The number of piperazine rings is 1. The van der Waals surface area contributed by atoms with Crippen molar-refractivity contribution in [2.24, 2.45) is 0 Å². The van der Waals surface area contributed by atoms with Crippen molar-refractivity contribution >= 4 is 0 Å². The third-order valence-electron chi connectivity index (χ3n) is 4.07. The topological polar surface area (TPSA) is 39.5 Å². The zero-order valence-electron chi connectivity index (χ0n) is 12.5. The third-order valence-corrected chi connectivity index (χ3v) is 4.07. The molecule has 0 bridgehead atoms. The molecule has 0 aromatic heterocycles. The van der Waals surface area contributed by atoms with E-state index in [4.69, 9.17) is 10.00 Å². The molecule has 2 unspecified atom stereocenters. The number of ether oxygens (including phenoxy) is 1. The average molecular weight is 273 g/mol. The summed E-state index contributed by atoms with van der Waals surface area (Å²) in [5.41, 5.74) is 0.643. The summed E-state index contributed by atoms with van der Waals surface area (Å²) < 4.78 is 5.74. The van der Waals surface area contributed by atoms with Gasteiger partial charge in [-0.3, -0.25) is 9.80 Å². The van der Waals surface area contributed by atoms with E-state index in [1.54, 1.807) is 12.1 Å². The van der Waals surface area contributed by atoms with Gasteiger partial charge in [0, 0.05) is 31.7 Å². The van der Waals surface area contributed by atoms with Crippen LogP contribution in [0, 0.1) is 11.3 Å². The maximum Gasteiger partial charge on any atom is 0.120 e. The maximum atomic E-state index is 8.86. The SMILES string of the molecule is CC1CN(CCOc2cccc(C#N)c2)CC(C)N1C. The molecule has 4 heteroatoms. The van der Waals surface area contributed by atoms with Gasteiger partial charge >= 0.3 is 0 Å². The first kappa shape index (κ1) is 14.8. The molecule has 2 rings (SSSR count). The van der Waals surface area contributed by atoms with E-state index in [2.05, 4.69) is 36.8 Å². The fourth-order valence-electron chi connectivity index (χ4n) is 2.64. The van der Waals surface area contributed by atoms with Crippen molar-refractivity contribution < 1.29 is 4.74 Å². The normalized spacial score (nSPS) is 24.3. The van der Waals surface area contributed by atoms with Crippen molar-refractivity contribution in [3.05, 3.63) is 29.8 Å². The van der Waals surface area contributed by atoms with Crippen molar-refractivity contribution in [1.29, 1.82) is 5.26 Å². The number of nitriles is 1. The first-order valence-electron chi connectivity index (χ1n) is 7.17. The van der Waals surface area contributed by atoms with Crippen LogP contribution in [0.5, 0.6) is 5.75 Å². The summed E-state index contributed by atoms with van der Waals surface area (Å²) in [7, 11) is 2.19. The molecule has 4 nitrogen and oxygen atoms in total. The molecule has 0 saturated carbocycles.